The van der Waals surface area contributed by atoms with Crippen molar-refractivity contribution in [1.82, 2.24) is 0 Å². The first-order valence-electron chi connectivity index (χ1n) is 2.99. The van der Waals surface area contributed by atoms with Crippen LogP contribution in [0.15, 0.2) is 0 Å². The van der Waals surface area contributed by atoms with Crippen molar-refractivity contribution in [3.8, 4) is 0 Å². The quantitative estimate of drug-likeness (QED) is 0.421. The van der Waals surface area contributed by atoms with Crippen LogP contribution >= 0.6 is 0 Å². The maximum Gasteiger partial charge on any atom is 0.321 e. The number of carbonyl (C=O) groups excluding carboxylic acids is 3. The van der Waals surface area contributed by atoms with E-state index in [1.807, 2.05) is 0 Å². The Bertz CT molecular complexity index is 187. The van der Waals surface area contributed by atoms with Crippen molar-refractivity contribution >= 4 is 17.7 Å². The lowest BCUT2D eigenvalue weighted by Crippen LogP contribution is -2.20. The molecule has 0 saturated heterocycles. The molecule has 0 radical (unpaired) electrons. The molecule has 0 rings (SSSR count). The normalized spacial score (nSPS) is 8.91. The topological polar surface area (TPSA) is 86.5 Å². The van der Waals surface area contributed by atoms with Gasteiger partial charge in [-0.15, -0.1) is 0 Å². The molecule has 0 heterocycles. The SMILES string of the molecule is CC(=O)OC(=O)CC(=O)CN. The summed E-state index contributed by atoms with van der Waals surface area (Å²) in [7, 11) is 0. The fourth-order valence-corrected chi connectivity index (χ4v) is 0.430. The highest BCUT2D eigenvalue weighted by Crippen LogP contribution is 1.87. The molecule has 0 aliphatic carbocycles. The van der Waals surface area contributed by atoms with Crippen LogP contribution in [-0.2, 0) is 19.1 Å². The summed E-state index contributed by atoms with van der Waals surface area (Å²) in [6.45, 7) is 0.873. The molecule has 2 N–H and O–H groups in total. The Balaban J connectivity index is 3.70. The molecule has 0 aliphatic rings. The molecule has 62 valence electrons. The highest BCUT2D eigenvalue weighted by molar-refractivity contribution is 5.99. The van der Waals surface area contributed by atoms with Crippen LogP contribution in [0.5, 0.6) is 0 Å². The van der Waals surface area contributed by atoms with Crippen molar-refractivity contribution in [2.75, 3.05) is 6.54 Å². The summed E-state index contributed by atoms with van der Waals surface area (Å²) in [5, 5.41) is 0. The van der Waals surface area contributed by atoms with Crippen molar-refractivity contribution in [2.45, 2.75) is 13.3 Å². The number of Topliss-reactive ketones (excluding diaryl/α,β-unsaturated/α-hetero) is 1. The van der Waals surface area contributed by atoms with E-state index in [1.165, 1.54) is 0 Å². The number of ketones is 1. The van der Waals surface area contributed by atoms with Crippen molar-refractivity contribution in [3.63, 3.8) is 0 Å². The molecule has 0 aromatic heterocycles. The molecular weight excluding hydrogens is 150 g/mol. The molecule has 0 amide bonds. The number of ether oxygens (including phenoxy) is 1. The van der Waals surface area contributed by atoms with Gasteiger partial charge in [0.15, 0.2) is 5.78 Å². The smallest absolute Gasteiger partial charge is 0.321 e. The molecular formula is C6H9NO4. The summed E-state index contributed by atoms with van der Waals surface area (Å²) in [6.07, 6.45) is -0.434. The Kier molecular flexibility index (Phi) is 4.05. The van der Waals surface area contributed by atoms with Gasteiger partial charge in [0, 0.05) is 6.92 Å². The summed E-state index contributed by atoms with van der Waals surface area (Å²) >= 11 is 0. The van der Waals surface area contributed by atoms with Crippen LogP contribution < -0.4 is 5.73 Å². The van der Waals surface area contributed by atoms with Crippen molar-refractivity contribution in [3.05, 3.63) is 0 Å². The van der Waals surface area contributed by atoms with E-state index < -0.39 is 24.1 Å². The van der Waals surface area contributed by atoms with Crippen LogP contribution in [-0.4, -0.2) is 24.3 Å². The van der Waals surface area contributed by atoms with Crippen LogP contribution in [0.4, 0.5) is 0 Å². The highest BCUT2D eigenvalue weighted by atomic mass is 16.6. The number of hydrogen-bond donors (Lipinski definition) is 1. The monoisotopic (exact) mass is 159 g/mol. The zero-order valence-electron chi connectivity index (χ0n) is 6.12. The van der Waals surface area contributed by atoms with E-state index >= 15 is 0 Å². The van der Waals surface area contributed by atoms with Crippen molar-refractivity contribution in [2.24, 2.45) is 5.73 Å². The predicted molar refractivity (Wildman–Crippen MR) is 35.5 cm³/mol. The molecule has 0 spiro atoms. The van der Waals surface area contributed by atoms with E-state index in [2.05, 4.69) is 4.74 Å². The third-order valence-electron chi connectivity index (χ3n) is 0.827. The maximum atomic E-state index is 10.5. The van der Waals surface area contributed by atoms with Gasteiger partial charge < -0.3 is 10.5 Å². The van der Waals surface area contributed by atoms with E-state index in [-0.39, 0.29) is 6.54 Å². The lowest BCUT2D eigenvalue weighted by atomic mass is 10.3. The van der Waals surface area contributed by atoms with Gasteiger partial charge in [-0.2, -0.15) is 0 Å². The fraction of sp³-hybridized carbons (Fsp3) is 0.500. The number of carbonyl (C=O) groups is 3. The number of rotatable bonds is 3. The standard InChI is InChI=1S/C6H9NO4/c1-4(8)11-6(10)2-5(9)3-7/h2-3,7H2,1H3. The first-order chi connectivity index (χ1) is 5.06. The van der Waals surface area contributed by atoms with Crippen LogP contribution in [0.3, 0.4) is 0 Å². The fourth-order valence-electron chi connectivity index (χ4n) is 0.430. The molecule has 0 aromatic rings. The average molecular weight is 159 g/mol. The molecule has 0 saturated carbocycles. The van der Waals surface area contributed by atoms with E-state index in [4.69, 9.17) is 5.73 Å². The van der Waals surface area contributed by atoms with Gasteiger partial charge in [-0.25, -0.2) is 0 Å². The van der Waals surface area contributed by atoms with Gasteiger partial charge in [0.25, 0.3) is 0 Å². The molecule has 0 atom stereocenters. The van der Waals surface area contributed by atoms with E-state index in [9.17, 15) is 14.4 Å². The Morgan fingerprint density at radius 3 is 2.27 bits per heavy atom. The third kappa shape index (κ3) is 5.23. The molecule has 0 bridgehead atoms. The van der Waals surface area contributed by atoms with Gasteiger partial charge in [0.2, 0.25) is 0 Å². The van der Waals surface area contributed by atoms with Crippen LogP contribution in [0, 0.1) is 0 Å². The van der Waals surface area contributed by atoms with E-state index in [1.54, 1.807) is 0 Å². The van der Waals surface area contributed by atoms with Gasteiger partial charge >= 0.3 is 11.9 Å². The van der Waals surface area contributed by atoms with Gasteiger partial charge in [-0.1, -0.05) is 0 Å². The zero-order valence-corrected chi connectivity index (χ0v) is 6.12. The zero-order chi connectivity index (χ0) is 8.85. The highest BCUT2D eigenvalue weighted by Gasteiger charge is 2.10. The minimum atomic E-state index is -0.854. The summed E-state index contributed by atoms with van der Waals surface area (Å²) in [5.41, 5.74) is 4.91. The molecule has 0 aliphatic heterocycles. The van der Waals surface area contributed by atoms with Crippen LogP contribution in [0.2, 0.25) is 0 Å². The Morgan fingerprint density at radius 1 is 1.36 bits per heavy atom. The second kappa shape index (κ2) is 4.56. The van der Waals surface area contributed by atoms with E-state index in [0.29, 0.717) is 0 Å². The number of esters is 2. The van der Waals surface area contributed by atoms with Gasteiger partial charge in [-0.05, 0) is 0 Å². The Hall–Kier alpha value is -1.23. The average Bonchev–Trinajstić information content (AvgIpc) is 1.85. The van der Waals surface area contributed by atoms with Crippen molar-refractivity contribution in [1.29, 1.82) is 0 Å². The lowest BCUT2D eigenvalue weighted by molar-refractivity contribution is -0.158. The molecule has 0 aromatic carbocycles. The van der Waals surface area contributed by atoms with Crippen LogP contribution in [0.1, 0.15) is 13.3 Å². The molecule has 5 nitrogen and oxygen atoms in total. The first kappa shape index (κ1) is 9.77. The Morgan fingerprint density at radius 2 is 1.91 bits per heavy atom. The van der Waals surface area contributed by atoms with Crippen LogP contribution in [0.25, 0.3) is 0 Å². The summed E-state index contributed by atoms with van der Waals surface area (Å²) in [6, 6.07) is 0. The summed E-state index contributed by atoms with van der Waals surface area (Å²) in [5.74, 6) is -2.02. The molecule has 0 fully saturated rings. The minimum Gasteiger partial charge on any atom is -0.393 e. The number of nitrogens with two attached hydrogens (primary N) is 1. The summed E-state index contributed by atoms with van der Waals surface area (Å²) < 4.78 is 4.07. The first-order valence-corrected chi connectivity index (χ1v) is 2.99. The molecule has 5 heteroatoms. The Labute approximate surface area is 63.5 Å². The number of hydrogen-bond acceptors (Lipinski definition) is 5. The summed E-state index contributed by atoms with van der Waals surface area (Å²) in [4.78, 5) is 31.1. The van der Waals surface area contributed by atoms with Gasteiger partial charge in [-0.3, -0.25) is 14.4 Å². The van der Waals surface area contributed by atoms with Crippen molar-refractivity contribution < 1.29 is 19.1 Å². The predicted octanol–water partition coefficient (Wildman–Crippen LogP) is -1.01. The second-order valence-corrected chi connectivity index (χ2v) is 1.89. The maximum absolute atomic E-state index is 10.5. The van der Waals surface area contributed by atoms with Gasteiger partial charge in [0.1, 0.15) is 6.42 Å². The third-order valence-corrected chi connectivity index (χ3v) is 0.827. The largest absolute Gasteiger partial charge is 0.393 e. The minimum absolute atomic E-state index is 0.215. The molecule has 11 heavy (non-hydrogen) atoms. The lowest BCUT2D eigenvalue weighted by Gasteiger charge is -1.96. The van der Waals surface area contributed by atoms with E-state index in [0.717, 1.165) is 6.92 Å². The second-order valence-electron chi connectivity index (χ2n) is 1.89. The molecule has 0 unspecified atom stereocenters. The van der Waals surface area contributed by atoms with Gasteiger partial charge in [0.05, 0.1) is 6.54 Å².